The van der Waals surface area contributed by atoms with Crippen molar-refractivity contribution in [3.05, 3.63) is 77.1 Å². The molecule has 3 N–H and O–H groups in total. The molecule has 0 aliphatic heterocycles. The number of hydrogen-bond acceptors (Lipinski definition) is 5. The van der Waals surface area contributed by atoms with Gasteiger partial charge in [0.2, 0.25) is 0 Å². The standard InChI is InChI=1S/C26H23ClFN3O3S/c1-14(2)11-22(25(33)34)30-24(32)19-9-5-16(12-20(19)27)15-3-7-18(8-4-15)29-26-31-21-10-6-17(28)13-23(21)35-26/h3-10,12-14,22H,11H2,1-2H3,(H,29,31)(H,30,32)(H,33,34)/t22-/m0/s1. The van der Waals surface area contributed by atoms with Crippen molar-refractivity contribution in [1.82, 2.24) is 10.3 Å². The second-order valence-electron chi connectivity index (χ2n) is 8.52. The molecule has 3 aromatic carbocycles. The highest BCUT2D eigenvalue weighted by Crippen LogP contribution is 2.31. The lowest BCUT2D eigenvalue weighted by atomic mass is 10.0. The Hall–Kier alpha value is -3.49. The van der Waals surface area contributed by atoms with Crippen LogP contribution in [-0.4, -0.2) is 28.0 Å². The lowest BCUT2D eigenvalue weighted by Crippen LogP contribution is -2.41. The Kier molecular flexibility index (Phi) is 7.33. The highest BCUT2D eigenvalue weighted by Gasteiger charge is 2.23. The number of amides is 1. The summed E-state index contributed by atoms with van der Waals surface area (Å²) in [6, 6.07) is 16.1. The van der Waals surface area contributed by atoms with Crippen LogP contribution in [0.2, 0.25) is 5.02 Å². The van der Waals surface area contributed by atoms with Crippen LogP contribution in [0.4, 0.5) is 15.2 Å². The van der Waals surface area contributed by atoms with E-state index in [0.717, 1.165) is 27.0 Å². The van der Waals surface area contributed by atoms with Gasteiger partial charge in [0.05, 0.1) is 20.8 Å². The van der Waals surface area contributed by atoms with Crippen molar-refractivity contribution in [2.75, 3.05) is 5.32 Å². The average Bonchev–Trinajstić information content (AvgIpc) is 3.19. The van der Waals surface area contributed by atoms with Crippen molar-refractivity contribution in [2.24, 2.45) is 5.92 Å². The highest BCUT2D eigenvalue weighted by molar-refractivity contribution is 7.22. The molecule has 0 bridgehead atoms. The molecule has 4 rings (SSSR count). The third-order valence-corrected chi connectivity index (χ3v) is 6.59. The van der Waals surface area contributed by atoms with Crippen molar-refractivity contribution >= 4 is 55.8 Å². The zero-order chi connectivity index (χ0) is 25.1. The quantitative estimate of drug-likeness (QED) is 0.244. The van der Waals surface area contributed by atoms with E-state index in [9.17, 15) is 19.1 Å². The number of aromatic nitrogens is 1. The summed E-state index contributed by atoms with van der Waals surface area (Å²) < 4.78 is 14.2. The first-order valence-electron chi connectivity index (χ1n) is 11.0. The van der Waals surface area contributed by atoms with E-state index in [1.54, 1.807) is 24.3 Å². The highest BCUT2D eigenvalue weighted by atomic mass is 35.5. The van der Waals surface area contributed by atoms with Gasteiger partial charge in [0.25, 0.3) is 5.91 Å². The van der Waals surface area contributed by atoms with Crippen LogP contribution in [0.1, 0.15) is 30.6 Å². The van der Waals surface area contributed by atoms with Gasteiger partial charge in [-0.2, -0.15) is 0 Å². The summed E-state index contributed by atoms with van der Waals surface area (Å²) in [6.07, 6.45) is 0.324. The number of aliphatic carboxylic acids is 1. The van der Waals surface area contributed by atoms with E-state index in [4.69, 9.17) is 11.6 Å². The molecular weight excluding hydrogens is 489 g/mol. The molecule has 35 heavy (non-hydrogen) atoms. The van der Waals surface area contributed by atoms with Crippen LogP contribution in [0.3, 0.4) is 0 Å². The van der Waals surface area contributed by atoms with Crippen LogP contribution in [-0.2, 0) is 4.79 Å². The molecule has 1 atom stereocenters. The van der Waals surface area contributed by atoms with E-state index in [-0.39, 0.29) is 22.3 Å². The number of benzene rings is 3. The van der Waals surface area contributed by atoms with Gasteiger partial charge in [0, 0.05) is 5.69 Å². The van der Waals surface area contributed by atoms with Crippen molar-refractivity contribution in [3.8, 4) is 11.1 Å². The van der Waals surface area contributed by atoms with Gasteiger partial charge in [-0.3, -0.25) is 4.79 Å². The summed E-state index contributed by atoms with van der Waals surface area (Å²) in [4.78, 5) is 28.5. The molecule has 1 amide bonds. The Morgan fingerprint density at radius 1 is 1.06 bits per heavy atom. The summed E-state index contributed by atoms with van der Waals surface area (Å²) in [6.45, 7) is 3.79. The SMILES string of the molecule is CC(C)C[C@H](NC(=O)c1ccc(-c2ccc(Nc3nc4ccc(F)cc4s3)cc2)cc1Cl)C(=O)O. The number of nitrogens with zero attached hydrogens (tertiary/aromatic N) is 1. The van der Waals surface area contributed by atoms with Crippen LogP contribution >= 0.6 is 22.9 Å². The van der Waals surface area contributed by atoms with E-state index in [2.05, 4.69) is 15.6 Å². The molecular formula is C26H23ClFN3O3S. The van der Waals surface area contributed by atoms with Gasteiger partial charge in [-0.1, -0.05) is 55.0 Å². The van der Waals surface area contributed by atoms with Gasteiger partial charge >= 0.3 is 5.97 Å². The Bertz CT molecular complexity index is 1390. The van der Waals surface area contributed by atoms with Gasteiger partial charge in [-0.15, -0.1) is 0 Å². The molecule has 9 heteroatoms. The molecule has 1 heterocycles. The van der Waals surface area contributed by atoms with E-state index in [1.165, 1.54) is 23.5 Å². The van der Waals surface area contributed by atoms with E-state index in [0.29, 0.717) is 11.6 Å². The van der Waals surface area contributed by atoms with Gasteiger partial charge in [0.15, 0.2) is 5.13 Å². The molecule has 0 saturated carbocycles. The maximum atomic E-state index is 13.4. The molecule has 1 aromatic heterocycles. The van der Waals surface area contributed by atoms with Gasteiger partial charge in [-0.05, 0) is 65.9 Å². The minimum absolute atomic E-state index is 0.115. The Labute approximate surface area is 210 Å². The fraction of sp³-hybridized carbons (Fsp3) is 0.192. The molecule has 0 aliphatic carbocycles. The van der Waals surface area contributed by atoms with E-state index >= 15 is 0 Å². The molecule has 0 saturated heterocycles. The van der Waals surface area contributed by atoms with Crippen LogP contribution in [0.25, 0.3) is 21.3 Å². The zero-order valence-electron chi connectivity index (χ0n) is 19.0. The number of nitrogens with one attached hydrogen (secondary N) is 2. The van der Waals surface area contributed by atoms with E-state index < -0.39 is 17.9 Å². The normalized spacial score (nSPS) is 12.0. The number of anilines is 2. The van der Waals surface area contributed by atoms with Crippen LogP contribution in [0.5, 0.6) is 0 Å². The molecule has 180 valence electrons. The van der Waals surface area contributed by atoms with Crippen LogP contribution < -0.4 is 10.6 Å². The molecule has 6 nitrogen and oxygen atoms in total. The summed E-state index contributed by atoms with van der Waals surface area (Å²) in [7, 11) is 0. The predicted octanol–water partition coefficient (Wildman–Crippen LogP) is 6.73. The third kappa shape index (κ3) is 5.96. The second kappa shape index (κ2) is 10.4. The lowest BCUT2D eigenvalue weighted by Gasteiger charge is -2.17. The molecule has 0 spiro atoms. The number of carbonyl (C=O) groups is 2. The monoisotopic (exact) mass is 511 g/mol. The predicted molar refractivity (Wildman–Crippen MR) is 138 cm³/mol. The van der Waals surface area contributed by atoms with Crippen molar-refractivity contribution in [2.45, 2.75) is 26.3 Å². The molecule has 0 unspecified atom stereocenters. The van der Waals surface area contributed by atoms with Crippen molar-refractivity contribution < 1.29 is 19.1 Å². The van der Waals surface area contributed by atoms with Crippen LogP contribution in [0, 0.1) is 11.7 Å². The van der Waals surface area contributed by atoms with Gasteiger partial charge in [-0.25, -0.2) is 14.2 Å². The Morgan fingerprint density at radius 3 is 2.43 bits per heavy atom. The number of hydrogen-bond donors (Lipinski definition) is 3. The molecule has 0 fully saturated rings. The Balaban J connectivity index is 1.46. The summed E-state index contributed by atoms with van der Waals surface area (Å²) in [5.74, 6) is -1.78. The minimum Gasteiger partial charge on any atom is -0.480 e. The van der Waals surface area contributed by atoms with Gasteiger partial charge < -0.3 is 15.7 Å². The number of rotatable bonds is 8. The molecule has 0 aliphatic rings. The molecule has 0 radical (unpaired) electrons. The number of carboxylic acids is 1. The average molecular weight is 512 g/mol. The number of carbonyl (C=O) groups excluding carboxylic acids is 1. The van der Waals surface area contributed by atoms with Crippen LogP contribution in [0.15, 0.2) is 60.7 Å². The number of thiazole rings is 1. The van der Waals surface area contributed by atoms with E-state index in [1.807, 2.05) is 38.1 Å². The maximum absolute atomic E-state index is 13.4. The third-order valence-electron chi connectivity index (χ3n) is 5.34. The first-order valence-corrected chi connectivity index (χ1v) is 12.2. The zero-order valence-corrected chi connectivity index (χ0v) is 20.6. The number of fused-ring (bicyclic) bond motifs is 1. The first kappa shape index (κ1) is 24.6. The second-order valence-corrected chi connectivity index (χ2v) is 9.96. The fourth-order valence-electron chi connectivity index (χ4n) is 3.63. The topological polar surface area (TPSA) is 91.3 Å². The Morgan fingerprint density at radius 2 is 1.77 bits per heavy atom. The largest absolute Gasteiger partial charge is 0.480 e. The summed E-state index contributed by atoms with van der Waals surface area (Å²) in [5, 5.41) is 16.0. The maximum Gasteiger partial charge on any atom is 0.326 e. The minimum atomic E-state index is -1.08. The van der Waals surface area contributed by atoms with Crippen molar-refractivity contribution in [3.63, 3.8) is 0 Å². The fourth-order valence-corrected chi connectivity index (χ4v) is 4.81. The first-order chi connectivity index (χ1) is 16.7. The summed E-state index contributed by atoms with van der Waals surface area (Å²) >= 11 is 7.74. The van der Waals surface area contributed by atoms with Gasteiger partial charge in [0.1, 0.15) is 11.9 Å². The summed E-state index contributed by atoms with van der Waals surface area (Å²) in [5.41, 5.74) is 3.47. The van der Waals surface area contributed by atoms with Crippen molar-refractivity contribution in [1.29, 1.82) is 0 Å². The molecule has 4 aromatic rings. The number of halogens is 2. The lowest BCUT2D eigenvalue weighted by molar-refractivity contribution is -0.139. The number of carboxylic acid groups (broad SMARTS) is 1. The smallest absolute Gasteiger partial charge is 0.326 e.